The number of hydrogen-bond acceptors (Lipinski definition) is 2. The number of hydrogen-bond donors (Lipinski definition) is 1. The molecule has 3 heteroatoms. The van der Waals surface area contributed by atoms with Crippen molar-refractivity contribution in [2.45, 2.75) is 51.8 Å². The molecule has 1 fully saturated rings. The lowest BCUT2D eigenvalue weighted by Gasteiger charge is -2.12. The molecule has 1 saturated carbocycles. The van der Waals surface area contributed by atoms with E-state index in [0.29, 0.717) is 6.10 Å². The number of nitrogens with zero attached hydrogens (tertiary/aromatic N) is 1. The van der Waals surface area contributed by atoms with E-state index in [4.69, 9.17) is 4.74 Å². The molecule has 96 valence electrons. The Bertz CT molecular complexity index is 316. The Balaban J connectivity index is 1.56. The van der Waals surface area contributed by atoms with E-state index in [9.17, 15) is 0 Å². The van der Waals surface area contributed by atoms with Gasteiger partial charge in [-0.1, -0.05) is 12.8 Å². The highest BCUT2D eigenvalue weighted by Gasteiger charge is 2.14. The van der Waals surface area contributed by atoms with Crippen molar-refractivity contribution in [3.63, 3.8) is 0 Å². The Kier molecular flexibility index (Phi) is 5.08. The SMILES string of the molecule is CCn1cccc1CNCCOC1CCCC1. The molecule has 0 spiro atoms. The smallest absolute Gasteiger partial charge is 0.0594 e. The van der Waals surface area contributed by atoms with Gasteiger partial charge >= 0.3 is 0 Å². The lowest BCUT2D eigenvalue weighted by molar-refractivity contribution is 0.0602. The standard InChI is InChI=1S/C14H24N2O/c1-2-16-10-5-6-13(16)12-15-9-11-17-14-7-3-4-8-14/h5-6,10,14-15H,2-4,7-9,11-12H2,1H3. The quantitative estimate of drug-likeness (QED) is 0.736. The van der Waals surface area contributed by atoms with Crippen LogP contribution in [0, 0.1) is 0 Å². The van der Waals surface area contributed by atoms with E-state index in [2.05, 4.69) is 35.1 Å². The Labute approximate surface area is 104 Å². The predicted molar refractivity (Wildman–Crippen MR) is 70.0 cm³/mol. The molecule has 1 N–H and O–H groups in total. The zero-order valence-corrected chi connectivity index (χ0v) is 10.8. The van der Waals surface area contributed by atoms with Crippen molar-refractivity contribution in [1.82, 2.24) is 9.88 Å². The van der Waals surface area contributed by atoms with Crippen LogP contribution in [0.1, 0.15) is 38.3 Å². The fourth-order valence-electron chi connectivity index (χ4n) is 2.49. The van der Waals surface area contributed by atoms with Crippen LogP contribution in [-0.4, -0.2) is 23.8 Å². The molecule has 1 aliphatic rings. The van der Waals surface area contributed by atoms with Gasteiger partial charge in [0, 0.05) is 31.5 Å². The first kappa shape index (κ1) is 12.7. The molecule has 1 heterocycles. The van der Waals surface area contributed by atoms with Crippen LogP contribution in [0.5, 0.6) is 0 Å². The van der Waals surface area contributed by atoms with Crippen LogP contribution in [-0.2, 0) is 17.8 Å². The summed E-state index contributed by atoms with van der Waals surface area (Å²) in [5, 5.41) is 3.44. The lowest BCUT2D eigenvalue weighted by Crippen LogP contribution is -2.23. The largest absolute Gasteiger partial charge is 0.377 e. The van der Waals surface area contributed by atoms with Crippen molar-refractivity contribution in [3.8, 4) is 0 Å². The third kappa shape index (κ3) is 3.86. The second-order valence-corrected chi connectivity index (χ2v) is 4.74. The van der Waals surface area contributed by atoms with Crippen molar-refractivity contribution in [3.05, 3.63) is 24.0 Å². The predicted octanol–water partition coefficient (Wildman–Crippen LogP) is 2.56. The van der Waals surface area contributed by atoms with Crippen LogP contribution in [0.3, 0.4) is 0 Å². The minimum atomic E-state index is 0.538. The highest BCUT2D eigenvalue weighted by Crippen LogP contribution is 2.20. The van der Waals surface area contributed by atoms with Gasteiger partial charge in [-0.05, 0) is 31.9 Å². The summed E-state index contributed by atoms with van der Waals surface area (Å²) < 4.78 is 8.08. The molecule has 1 aromatic heterocycles. The van der Waals surface area contributed by atoms with Crippen LogP contribution in [0.25, 0.3) is 0 Å². The lowest BCUT2D eigenvalue weighted by atomic mass is 10.3. The van der Waals surface area contributed by atoms with Gasteiger partial charge in [0.05, 0.1) is 12.7 Å². The highest BCUT2D eigenvalue weighted by molar-refractivity contribution is 5.06. The molecule has 1 aliphatic carbocycles. The van der Waals surface area contributed by atoms with Crippen molar-refractivity contribution in [2.75, 3.05) is 13.2 Å². The number of ether oxygens (including phenoxy) is 1. The fourth-order valence-corrected chi connectivity index (χ4v) is 2.49. The van der Waals surface area contributed by atoms with Gasteiger partial charge in [-0.15, -0.1) is 0 Å². The number of aryl methyl sites for hydroxylation is 1. The van der Waals surface area contributed by atoms with Crippen LogP contribution in [0.15, 0.2) is 18.3 Å². The molecule has 0 radical (unpaired) electrons. The average molecular weight is 236 g/mol. The number of aromatic nitrogens is 1. The van der Waals surface area contributed by atoms with E-state index in [1.165, 1.54) is 31.4 Å². The third-order valence-electron chi connectivity index (χ3n) is 3.50. The molecule has 0 bridgehead atoms. The Hall–Kier alpha value is -0.800. The highest BCUT2D eigenvalue weighted by atomic mass is 16.5. The van der Waals surface area contributed by atoms with Gasteiger partial charge in [0.1, 0.15) is 0 Å². The van der Waals surface area contributed by atoms with Gasteiger partial charge in [0.25, 0.3) is 0 Å². The molecule has 0 amide bonds. The summed E-state index contributed by atoms with van der Waals surface area (Å²) in [5.41, 5.74) is 1.35. The van der Waals surface area contributed by atoms with Gasteiger partial charge < -0.3 is 14.6 Å². The van der Waals surface area contributed by atoms with Crippen LogP contribution >= 0.6 is 0 Å². The Morgan fingerprint density at radius 3 is 3.00 bits per heavy atom. The van der Waals surface area contributed by atoms with E-state index in [1.54, 1.807) is 0 Å². The van der Waals surface area contributed by atoms with Gasteiger partial charge in [0.2, 0.25) is 0 Å². The molecule has 0 aliphatic heterocycles. The molecule has 0 aromatic carbocycles. The van der Waals surface area contributed by atoms with Crippen molar-refractivity contribution >= 4 is 0 Å². The van der Waals surface area contributed by atoms with Gasteiger partial charge in [0.15, 0.2) is 0 Å². The van der Waals surface area contributed by atoms with E-state index in [-0.39, 0.29) is 0 Å². The van der Waals surface area contributed by atoms with Crippen LogP contribution < -0.4 is 5.32 Å². The van der Waals surface area contributed by atoms with E-state index < -0.39 is 0 Å². The summed E-state index contributed by atoms with van der Waals surface area (Å²) >= 11 is 0. The zero-order valence-electron chi connectivity index (χ0n) is 10.8. The number of rotatable bonds is 7. The topological polar surface area (TPSA) is 26.2 Å². The molecule has 0 unspecified atom stereocenters. The first-order chi connectivity index (χ1) is 8.40. The fraction of sp³-hybridized carbons (Fsp3) is 0.714. The summed E-state index contributed by atoms with van der Waals surface area (Å²) in [7, 11) is 0. The summed E-state index contributed by atoms with van der Waals surface area (Å²) in [6.07, 6.45) is 7.89. The van der Waals surface area contributed by atoms with Gasteiger partial charge in [-0.25, -0.2) is 0 Å². The monoisotopic (exact) mass is 236 g/mol. The molecule has 3 nitrogen and oxygen atoms in total. The van der Waals surface area contributed by atoms with E-state index in [0.717, 1.165) is 26.2 Å². The minimum absolute atomic E-state index is 0.538. The van der Waals surface area contributed by atoms with Crippen molar-refractivity contribution < 1.29 is 4.74 Å². The zero-order chi connectivity index (χ0) is 11.9. The Morgan fingerprint density at radius 2 is 2.24 bits per heavy atom. The number of nitrogens with one attached hydrogen (secondary N) is 1. The minimum Gasteiger partial charge on any atom is -0.377 e. The summed E-state index contributed by atoms with van der Waals surface area (Å²) in [5.74, 6) is 0. The molecule has 0 saturated heterocycles. The summed E-state index contributed by atoms with van der Waals surface area (Å²) in [4.78, 5) is 0. The van der Waals surface area contributed by atoms with Gasteiger partial charge in [-0.3, -0.25) is 0 Å². The maximum absolute atomic E-state index is 5.81. The first-order valence-corrected chi connectivity index (χ1v) is 6.86. The van der Waals surface area contributed by atoms with Crippen LogP contribution in [0.4, 0.5) is 0 Å². The van der Waals surface area contributed by atoms with E-state index >= 15 is 0 Å². The molecule has 0 atom stereocenters. The van der Waals surface area contributed by atoms with E-state index in [1.807, 2.05) is 0 Å². The summed E-state index contributed by atoms with van der Waals surface area (Å²) in [6, 6.07) is 4.28. The second kappa shape index (κ2) is 6.82. The Morgan fingerprint density at radius 1 is 1.41 bits per heavy atom. The van der Waals surface area contributed by atoms with Gasteiger partial charge in [-0.2, -0.15) is 0 Å². The van der Waals surface area contributed by atoms with Crippen LogP contribution in [0.2, 0.25) is 0 Å². The molecule has 2 rings (SSSR count). The maximum atomic E-state index is 5.81. The maximum Gasteiger partial charge on any atom is 0.0594 e. The molecular formula is C14H24N2O. The van der Waals surface area contributed by atoms with Crippen molar-refractivity contribution in [1.29, 1.82) is 0 Å². The molecular weight excluding hydrogens is 212 g/mol. The molecule has 17 heavy (non-hydrogen) atoms. The third-order valence-corrected chi connectivity index (χ3v) is 3.50. The average Bonchev–Trinajstić information content (AvgIpc) is 2.98. The first-order valence-electron chi connectivity index (χ1n) is 6.86. The van der Waals surface area contributed by atoms with Crippen molar-refractivity contribution in [2.24, 2.45) is 0 Å². The normalized spacial score (nSPS) is 16.8. The second-order valence-electron chi connectivity index (χ2n) is 4.74. The molecule has 1 aromatic rings. The summed E-state index contributed by atoms with van der Waals surface area (Å²) in [6.45, 7) is 5.95.